The third-order valence-electron chi connectivity index (χ3n) is 1.90. The Hall–Kier alpha value is -1.12. The Labute approximate surface area is 76.9 Å². The minimum absolute atomic E-state index is 0.399. The Morgan fingerprint density at radius 1 is 1.23 bits per heavy atom. The van der Waals surface area contributed by atoms with E-state index < -0.39 is 0 Å². The monoisotopic (exact) mass is 188 g/mol. The van der Waals surface area contributed by atoms with Crippen LogP contribution < -0.4 is 0 Å². The van der Waals surface area contributed by atoms with Crippen LogP contribution in [0.1, 0.15) is 30.9 Å². The topological polar surface area (TPSA) is 20.2 Å². The van der Waals surface area contributed by atoms with Gasteiger partial charge in [-0.25, -0.2) is 0 Å². The van der Waals surface area contributed by atoms with Crippen LogP contribution in [-0.4, -0.2) is 5.11 Å². The maximum absolute atomic E-state index is 9.35. The van der Waals surface area contributed by atoms with Crippen molar-refractivity contribution in [3.05, 3.63) is 29.3 Å². The summed E-state index contributed by atoms with van der Waals surface area (Å²) < 4.78 is 16.0. The lowest BCUT2D eigenvalue weighted by Gasteiger charge is -2.06. The van der Waals surface area contributed by atoms with Crippen molar-refractivity contribution in [3.8, 4) is 5.75 Å². The maximum atomic E-state index is 9.35. The molecule has 0 aromatic heterocycles. The highest BCUT2D eigenvalue weighted by atomic mass is 20.0. The molecule has 0 radical (unpaired) electrons. The van der Waals surface area contributed by atoms with Crippen LogP contribution in [0.4, 0.5) is 9.15 Å². The summed E-state index contributed by atoms with van der Waals surface area (Å²) in [6.45, 7) is 6.13. The molecular weight excluding hydrogens is 174 g/mol. The van der Waals surface area contributed by atoms with Crippen molar-refractivity contribution in [2.24, 2.45) is 0 Å². The summed E-state index contributed by atoms with van der Waals surface area (Å²) in [6.07, 6.45) is 0. The van der Waals surface area contributed by atoms with Gasteiger partial charge in [0, 0.05) is 9.15 Å². The van der Waals surface area contributed by atoms with E-state index in [0.717, 1.165) is 5.56 Å². The zero-order chi connectivity index (χ0) is 10.4. The van der Waals surface area contributed by atoms with E-state index in [9.17, 15) is 5.11 Å². The first kappa shape index (κ1) is 11.9. The highest BCUT2D eigenvalue weighted by molar-refractivity contribution is 5.36. The van der Waals surface area contributed by atoms with Crippen LogP contribution in [0.3, 0.4) is 0 Å². The van der Waals surface area contributed by atoms with Gasteiger partial charge in [0.2, 0.25) is 0 Å². The molecule has 0 amide bonds. The standard InChI is InChI=1S/C10H14O.F2/c1-7(2)9-5-4-8(3)10(11)6-9;1-2/h4-7,11H,1-3H3;. The molecule has 0 fully saturated rings. The van der Waals surface area contributed by atoms with Crippen molar-refractivity contribution in [2.45, 2.75) is 26.7 Å². The molecule has 74 valence electrons. The number of benzene rings is 1. The van der Waals surface area contributed by atoms with Gasteiger partial charge in [-0.15, -0.1) is 0 Å². The van der Waals surface area contributed by atoms with E-state index in [1.54, 1.807) is 0 Å². The van der Waals surface area contributed by atoms with Crippen LogP contribution in [0.25, 0.3) is 0 Å². The summed E-state index contributed by atoms with van der Waals surface area (Å²) in [4.78, 5) is 0. The second kappa shape index (κ2) is 5.51. The predicted molar refractivity (Wildman–Crippen MR) is 49.1 cm³/mol. The molecule has 0 bridgehead atoms. The van der Waals surface area contributed by atoms with E-state index in [-0.39, 0.29) is 0 Å². The van der Waals surface area contributed by atoms with Gasteiger partial charge in [-0.3, -0.25) is 0 Å². The van der Waals surface area contributed by atoms with E-state index in [0.29, 0.717) is 11.7 Å². The molecule has 1 aromatic rings. The van der Waals surface area contributed by atoms with Crippen molar-refractivity contribution in [3.63, 3.8) is 0 Å². The molecule has 0 spiro atoms. The molecule has 1 nitrogen and oxygen atoms in total. The fourth-order valence-electron chi connectivity index (χ4n) is 0.986. The summed E-state index contributed by atoms with van der Waals surface area (Å²) in [5.41, 5.74) is 2.13. The van der Waals surface area contributed by atoms with Gasteiger partial charge in [-0.1, -0.05) is 26.0 Å². The van der Waals surface area contributed by atoms with E-state index in [1.807, 2.05) is 19.1 Å². The van der Waals surface area contributed by atoms with Crippen molar-refractivity contribution in [1.82, 2.24) is 0 Å². The molecule has 0 saturated carbocycles. The molecule has 0 aliphatic carbocycles. The lowest BCUT2D eigenvalue weighted by atomic mass is 10.0. The Balaban J connectivity index is 0.000000671. The molecule has 1 rings (SSSR count). The maximum Gasteiger partial charge on any atom is 0.118 e. The lowest BCUT2D eigenvalue weighted by Crippen LogP contribution is -1.86. The normalized spacial score (nSPS) is 9.38. The zero-order valence-electron chi connectivity index (χ0n) is 8.01. The van der Waals surface area contributed by atoms with E-state index in [2.05, 4.69) is 19.9 Å². The fraction of sp³-hybridized carbons (Fsp3) is 0.400. The third kappa shape index (κ3) is 3.40. The van der Waals surface area contributed by atoms with Crippen molar-refractivity contribution in [1.29, 1.82) is 0 Å². The average Bonchev–Trinajstić information content (AvgIpc) is 2.13. The van der Waals surface area contributed by atoms with Crippen molar-refractivity contribution < 1.29 is 14.3 Å². The smallest absolute Gasteiger partial charge is 0.118 e. The molecule has 1 aromatic carbocycles. The first-order valence-electron chi connectivity index (χ1n) is 4.05. The molecule has 0 atom stereocenters. The van der Waals surface area contributed by atoms with Gasteiger partial charge in [0.1, 0.15) is 5.75 Å². The lowest BCUT2D eigenvalue weighted by molar-refractivity contribution is 0.108. The van der Waals surface area contributed by atoms with Gasteiger partial charge in [-0.2, -0.15) is 0 Å². The molecule has 1 N–H and O–H groups in total. The molecular formula is C10H14F2O. The average molecular weight is 188 g/mol. The van der Waals surface area contributed by atoms with Crippen LogP contribution in [-0.2, 0) is 0 Å². The summed E-state index contributed by atoms with van der Waals surface area (Å²) in [5, 5.41) is 9.35. The van der Waals surface area contributed by atoms with Gasteiger partial charge in [0.05, 0.1) is 0 Å². The number of rotatable bonds is 1. The molecule has 0 heterocycles. The fourth-order valence-corrected chi connectivity index (χ4v) is 0.986. The highest BCUT2D eigenvalue weighted by Gasteiger charge is 2.00. The second-order valence-electron chi connectivity index (χ2n) is 3.20. The van der Waals surface area contributed by atoms with E-state index in [4.69, 9.17) is 9.15 Å². The van der Waals surface area contributed by atoms with Crippen LogP contribution in [0.5, 0.6) is 5.75 Å². The SMILES string of the molecule is Cc1ccc(C(C)C)cc1O.FF. The van der Waals surface area contributed by atoms with Crippen LogP contribution in [0, 0.1) is 6.92 Å². The molecule has 13 heavy (non-hydrogen) atoms. The van der Waals surface area contributed by atoms with Crippen molar-refractivity contribution >= 4 is 0 Å². The molecule has 0 unspecified atom stereocenters. The summed E-state index contributed by atoms with van der Waals surface area (Å²) in [5.74, 6) is 0.887. The molecule has 3 heteroatoms. The highest BCUT2D eigenvalue weighted by Crippen LogP contribution is 2.22. The van der Waals surface area contributed by atoms with Crippen LogP contribution >= 0.6 is 0 Å². The summed E-state index contributed by atoms with van der Waals surface area (Å²) in [7, 11) is 0. The third-order valence-corrected chi connectivity index (χ3v) is 1.90. The van der Waals surface area contributed by atoms with Crippen LogP contribution in [0.2, 0.25) is 0 Å². The Kier molecular flexibility index (Phi) is 5.04. The first-order chi connectivity index (χ1) is 6.11. The number of hydrogen-bond donors (Lipinski definition) is 1. The van der Waals surface area contributed by atoms with Gasteiger partial charge < -0.3 is 5.11 Å². The van der Waals surface area contributed by atoms with Gasteiger partial charge >= 0.3 is 0 Å². The number of phenolic OH excluding ortho intramolecular Hbond substituents is 1. The second-order valence-corrected chi connectivity index (χ2v) is 3.20. The number of aromatic hydroxyl groups is 1. The Morgan fingerprint density at radius 3 is 2.15 bits per heavy atom. The van der Waals surface area contributed by atoms with Crippen molar-refractivity contribution in [2.75, 3.05) is 0 Å². The van der Waals surface area contributed by atoms with Gasteiger partial charge in [-0.05, 0) is 30.0 Å². The van der Waals surface area contributed by atoms with Gasteiger partial charge in [0.25, 0.3) is 0 Å². The van der Waals surface area contributed by atoms with E-state index in [1.165, 1.54) is 5.56 Å². The molecule has 0 saturated heterocycles. The molecule has 0 aliphatic rings. The number of phenols is 1. The number of halogens is 2. The zero-order valence-corrected chi connectivity index (χ0v) is 8.01. The first-order valence-corrected chi connectivity index (χ1v) is 4.05. The van der Waals surface area contributed by atoms with Gasteiger partial charge in [0.15, 0.2) is 0 Å². The molecule has 0 aliphatic heterocycles. The minimum Gasteiger partial charge on any atom is -0.508 e. The number of hydrogen-bond acceptors (Lipinski definition) is 1. The summed E-state index contributed by atoms with van der Waals surface area (Å²) >= 11 is 0. The van der Waals surface area contributed by atoms with E-state index >= 15 is 0 Å². The summed E-state index contributed by atoms with van der Waals surface area (Å²) in [6, 6.07) is 5.84. The Bertz CT molecular complexity index is 259. The quantitative estimate of drug-likeness (QED) is 0.713. The predicted octanol–water partition coefficient (Wildman–Crippen LogP) is 3.66. The van der Waals surface area contributed by atoms with Crippen LogP contribution in [0.15, 0.2) is 18.2 Å². The minimum atomic E-state index is 0.399. The Morgan fingerprint density at radius 2 is 1.77 bits per heavy atom. The largest absolute Gasteiger partial charge is 0.508 e. The number of aryl methyl sites for hydroxylation is 1.